The Hall–Kier alpha value is -4.47. The van der Waals surface area contributed by atoms with E-state index in [1.165, 1.54) is 11.1 Å². The summed E-state index contributed by atoms with van der Waals surface area (Å²) in [7, 11) is 0. The molecule has 0 aromatic heterocycles. The monoisotopic (exact) mass is 534 g/mol. The number of allylic oxidation sites excluding steroid dienone is 7. The van der Waals surface area contributed by atoms with Crippen LogP contribution in [0.4, 0.5) is 0 Å². The highest BCUT2D eigenvalue weighted by molar-refractivity contribution is 6.50. The van der Waals surface area contributed by atoms with Gasteiger partial charge in [0, 0.05) is 34.8 Å². The van der Waals surface area contributed by atoms with Gasteiger partial charge < -0.3 is 5.53 Å². The van der Waals surface area contributed by atoms with Crippen LogP contribution in [0.2, 0.25) is 0 Å². The van der Waals surface area contributed by atoms with Crippen molar-refractivity contribution in [3.8, 4) is 0 Å². The highest BCUT2D eigenvalue weighted by atomic mass is 16.1. The zero-order valence-corrected chi connectivity index (χ0v) is 22.9. The first-order valence-corrected chi connectivity index (χ1v) is 13.3. The fourth-order valence-corrected chi connectivity index (χ4v) is 4.64. The van der Waals surface area contributed by atoms with E-state index in [0.717, 1.165) is 47.9 Å². The molecule has 0 spiro atoms. The summed E-state index contributed by atoms with van der Waals surface area (Å²) in [5.74, 6) is 0.0419. The maximum atomic E-state index is 11.8. The topological polar surface area (TPSA) is 87.6 Å². The van der Waals surface area contributed by atoms with Gasteiger partial charge in [0.05, 0.1) is 0 Å². The number of carbonyl (C=O) groups is 3. The van der Waals surface area contributed by atoms with Gasteiger partial charge in [-0.1, -0.05) is 108 Å². The molecule has 3 aliphatic rings. The van der Waals surface area contributed by atoms with E-state index in [0.29, 0.717) is 23.1 Å². The van der Waals surface area contributed by atoms with E-state index >= 15 is 0 Å². The number of ketones is 3. The first-order valence-electron chi connectivity index (χ1n) is 13.3. The van der Waals surface area contributed by atoms with Crippen molar-refractivity contribution >= 4 is 34.7 Å². The Morgan fingerprint density at radius 1 is 0.750 bits per heavy atom. The number of nitrogens with zero attached hydrogens (tertiary/aromatic N) is 2. The van der Waals surface area contributed by atoms with Crippen LogP contribution >= 0.6 is 0 Å². The third kappa shape index (κ3) is 7.13. The molecule has 40 heavy (non-hydrogen) atoms. The molecule has 5 nitrogen and oxygen atoms in total. The van der Waals surface area contributed by atoms with Crippen molar-refractivity contribution in [3.63, 3.8) is 0 Å². The number of fused-ring (bicyclic) bond motifs is 2. The summed E-state index contributed by atoms with van der Waals surface area (Å²) in [6, 6.07) is 13.2. The Balaban J connectivity index is 0.000000212. The smallest absolute Gasteiger partial charge is 0.361 e. The molecule has 206 valence electrons. The molecule has 0 aliphatic heterocycles. The van der Waals surface area contributed by atoms with Crippen molar-refractivity contribution in [3.05, 3.63) is 124 Å². The minimum Gasteiger partial charge on any atom is -0.361 e. The highest BCUT2D eigenvalue weighted by Gasteiger charge is 2.28. The van der Waals surface area contributed by atoms with Crippen LogP contribution in [-0.4, -0.2) is 27.9 Å². The average Bonchev–Trinajstić information content (AvgIpc) is 2.97. The van der Waals surface area contributed by atoms with Gasteiger partial charge in [0.15, 0.2) is 11.6 Å². The molecule has 0 saturated heterocycles. The molecule has 5 heteroatoms. The number of hydrogen-bond acceptors (Lipinski definition) is 3. The van der Waals surface area contributed by atoms with E-state index < -0.39 is 0 Å². The normalized spacial score (nSPS) is 15.2. The third-order valence-electron chi connectivity index (χ3n) is 6.98. The summed E-state index contributed by atoms with van der Waals surface area (Å²) in [4.78, 5) is 37.4. The zero-order chi connectivity index (χ0) is 28.5. The van der Waals surface area contributed by atoms with Crippen LogP contribution in [0.3, 0.4) is 0 Å². The summed E-state index contributed by atoms with van der Waals surface area (Å²) in [5, 5.41) is 0. The Morgan fingerprint density at radius 2 is 1.43 bits per heavy atom. The molecule has 2 aromatic carbocycles. The second-order valence-electron chi connectivity index (χ2n) is 9.41. The minimum absolute atomic E-state index is 0. The van der Waals surface area contributed by atoms with E-state index in [-0.39, 0.29) is 30.5 Å². The van der Waals surface area contributed by atoms with Gasteiger partial charge in [-0.3, -0.25) is 14.4 Å². The van der Waals surface area contributed by atoms with Crippen molar-refractivity contribution in [2.24, 2.45) is 0 Å². The van der Waals surface area contributed by atoms with Gasteiger partial charge in [0.25, 0.3) is 5.78 Å². The fraction of sp³-hybridized carbons (Fsp3) is 0.257. The second kappa shape index (κ2) is 14.6. The van der Waals surface area contributed by atoms with Gasteiger partial charge in [-0.05, 0) is 47.9 Å². The van der Waals surface area contributed by atoms with Crippen molar-refractivity contribution in [1.82, 2.24) is 0 Å². The molecule has 5 rings (SSSR count). The lowest BCUT2D eigenvalue weighted by molar-refractivity contribution is -0.115. The van der Waals surface area contributed by atoms with Crippen LogP contribution in [0.15, 0.2) is 90.6 Å². The molecule has 0 unspecified atom stereocenters. The van der Waals surface area contributed by atoms with E-state index in [9.17, 15) is 14.4 Å². The van der Waals surface area contributed by atoms with Crippen LogP contribution < -0.4 is 0 Å². The molecule has 0 radical (unpaired) electrons. The van der Waals surface area contributed by atoms with E-state index in [4.69, 9.17) is 5.53 Å². The lowest BCUT2D eigenvalue weighted by atomic mass is 9.88. The van der Waals surface area contributed by atoms with Crippen LogP contribution in [0.1, 0.15) is 91.3 Å². The maximum absolute atomic E-state index is 11.8. The fourth-order valence-electron chi connectivity index (χ4n) is 4.64. The first-order chi connectivity index (χ1) is 18.7. The average molecular weight is 535 g/mol. The summed E-state index contributed by atoms with van der Waals surface area (Å²) >= 11 is 0. The van der Waals surface area contributed by atoms with Crippen LogP contribution in [0.25, 0.3) is 17.2 Å². The molecule has 0 heterocycles. The minimum atomic E-state index is -0.217. The molecule has 0 saturated carbocycles. The van der Waals surface area contributed by atoms with Crippen LogP contribution in [-0.2, 0) is 11.2 Å². The van der Waals surface area contributed by atoms with Gasteiger partial charge >= 0.3 is 5.71 Å². The number of Topliss-reactive ketones (excluding diaryl/α,β-unsaturated/α-hetero) is 3. The summed E-state index contributed by atoms with van der Waals surface area (Å²) in [6.07, 6.45) is 11.8. The molecule has 0 bridgehead atoms. The van der Waals surface area contributed by atoms with Crippen LogP contribution in [0, 0.1) is 0 Å². The van der Waals surface area contributed by atoms with Gasteiger partial charge in [-0.15, -0.1) is 0 Å². The Kier molecular flexibility index (Phi) is 11.6. The zero-order valence-electron chi connectivity index (χ0n) is 22.9. The lowest BCUT2D eigenvalue weighted by Crippen LogP contribution is -2.19. The first kappa shape index (κ1) is 31.7. The summed E-state index contributed by atoms with van der Waals surface area (Å²) < 4.78 is 0. The number of aryl methyl sites for hydroxylation is 1. The molecule has 0 atom stereocenters. The number of rotatable bonds is 3. The predicted molar refractivity (Wildman–Crippen MR) is 164 cm³/mol. The van der Waals surface area contributed by atoms with Gasteiger partial charge in [-0.25, -0.2) is 0 Å². The number of carbonyl (C=O) groups excluding carboxylic acids is 3. The predicted octanol–water partition coefficient (Wildman–Crippen LogP) is 8.24. The number of hydrogen-bond donors (Lipinski definition) is 0. The third-order valence-corrected chi connectivity index (χ3v) is 6.98. The quantitative estimate of drug-likeness (QED) is 0.226. The second-order valence-corrected chi connectivity index (χ2v) is 9.41. The molecule has 0 N–H and O–H groups in total. The molecule has 0 fully saturated rings. The molecular formula is C35H38N2O3. The Bertz CT molecular complexity index is 1490. The van der Waals surface area contributed by atoms with Crippen LogP contribution in [0.5, 0.6) is 0 Å². The molecule has 2 aromatic rings. The number of benzene rings is 2. The summed E-state index contributed by atoms with van der Waals surface area (Å²) in [5.41, 5.74) is 17.1. The highest BCUT2D eigenvalue weighted by Crippen LogP contribution is 2.27. The molecule has 0 amide bonds. The van der Waals surface area contributed by atoms with Gasteiger partial charge in [0.1, 0.15) is 0 Å². The SMILES string of the molecule is C.C=C1C=C(CC)CCC1=O.C=C1C=Cc2c(CC)cccc2C1=O.CCC1=CC(=[N+]=[N-])C(=O)c2ccccc21. The van der Waals surface area contributed by atoms with Crippen molar-refractivity contribution in [2.75, 3.05) is 0 Å². The van der Waals surface area contributed by atoms with Gasteiger partial charge in [-0.2, -0.15) is 4.79 Å². The van der Waals surface area contributed by atoms with E-state index in [1.54, 1.807) is 18.2 Å². The largest absolute Gasteiger partial charge is 0.363 e. The van der Waals surface area contributed by atoms with Crippen molar-refractivity contribution in [1.29, 1.82) is 0 Å². The maximum Gasteiger partial charge on any atom is 0.363 e. The molecular weight excluding hydrogens is 496 g/mol. The lowest BCUT2D eigenvalue weighted by Gasteiger charge is -2.13. The van der Waals surface area contributed by atoms with E-state index in [1.807, 2.05) is 49.4 Å². The standard InChI is InChI=1S/C13H12O.C12H10N2O.C9H12O.CH4/c1-3-10-5-4-6-12-11(10)8-7-9(2)13(12)14;1-2-8-7-11(14-13)12(15)10-6-4-3-5-9(8)10;1-3-8-4-5-9(10)7(2)6-8;/h4-8H,2-3H2,1H3;3-7H,2H2,1H3;6H,2-5H2,1H3;1H4. The van der Waals surface area contributed by atoms with Gasteiger partial charge in [0.2, 0.25) is 0 Å². The Morgan fingerprint density at radius 3 is 2.02 bits per heavy atom. The Labute approximate surface area is 238 Å². The molecule has 3 aliphatic carbocycles. The summed E-state index contributed by atoms with van der Waals surface area (Å²) in [6.45, 7) is 13.6. The van der Waals surface area contributed by atoms with Crippen molar-refractivity contribution in [2.45, 2.75) is 60.3 Å². The van der Waals surface area contributed by atoms with E-state index in [2.05, 4.69) is 37.9 Å². The van der Waals surface area contributed by atoms with Crippen molar-refractivity contribution < 1.29 is 19.2 Å².